The third-order valence-corrected chi connectivity index (χ3v) is 21.9. The molecule has 1 heterocycles. The Morgan fingerprint density at radius 3 is 1.15 bits per heavy atom. The Hall–Kier alpha value is -10.8. The van der Waals surface area contributed by atoms with Gasteiger partial charge in [-0.15, -0.1) is 0 Å². The predicted molar refractivity (Wildman–Crippen MR) is 364 cm³/mol. The largest absolute Gasteiger partial charge is 0.311 e. The summed E-state index contributed by atoms with van der Waals surface area (Å²) in [5, 5.41) is 10.4. The summed E-state index contributed by atoms with van der Waals surface area (Å²) < 4.78 is 2.45. The molecule has 14 aromatic carbocycles. The molecule has 3 heteroatoms. The van der Waals surface area contributed by atoms with Crippen LogP contribution in [0.15, 0.2) is 352 Å². The fraction of sp³-hybridized carbons (Fsp3) is 0. The maximum Gasteiger partial charge on any atom is 0.179 e. The molecule has 0 saturated carbocycles. The third-order valence-electron chi connectivity index (χ3n) is 17.1. The lowest BCUT2D eigenvalue weighted by Gasteiger charge is -2.35. The van der Waals surface area contributed by atoms with Crippen LogP contribution in [0.4, 0.5) is 17.1 Å². The topological polar surface area (TPSA) is 8.17 Å². The molecule has 1 aromatic heterocycles. The lowest BCUT2D eigenvalue weighted by Crippen LogP contribution is -2.74. The molecule has 0 bridgehead atoms. The van der Waals surface area contributed by atoms with Gasteiger partial charge in [0.15, 0.2) is 8.07 Å². The molecule has 0 spiro atoms. The zero-order chi connectivity index (χ0) is 56.5. The van der Waals surface area contributed by atoms with E-state index in [1.165, 1.54) is 97.8 Å². The molecular formula is C82H58N2Si. The van der Waals surface area contributed by atoms with E-state index in [4.69, 9.17) is 0 Å². The number of aromatic nitrogens is 1. The Balaban J connectivity index is 0.801. The minimum atomic E-state index is -2.74. The van der Waals surface area contributed by atoms with Crippen LogP contribution in [0.1, 0.15) is 0 Å². The van der Waals surface area contributed by atoms with Crippen molar-refractivity contribution in [3.8, 4) is 61.3 Å². The molecule has 15 aromatic rings. The van der Waals surface area contributed by atoms with Crippen molar-refractivity contribution in [2.24, 2.45) is 0 Å². The van der Waals surface area contributed by atoms with Crippen LogP contribution in [-0.4, -0.2) is 12.6 Å². The number of benzene rings is 14. The molecule has 0 unspecified atom stereocenters. The van der Waals surface area contributed by atoms with Crippen LogP contribution in [0.25, 0.3) is 93.9 Å². The Labute approximate surface area is 498 Å². The van der Waals surface area contributed by atoms with E-state index in [0.29, 0.717) is 0 Å². The molecule has 15 rings (SSSR count). The average Bonchev–Trinajstić information content (AvgIpc) is 2.47. The summed E-state index contributed by atoms with van der Waals surface area (Å²) in [7, 11) is -2.74. The molecule has 0 aliphatic heterocycles. The Morgan fingerprint density at radius 2 is 0.600 bits per heavy atom. The van der Waals surface area contributed by atoms with Crippen molar-refractivity contribution >= 4 is 78.5 Å². The van der Waals surface area contributed by atoms with Crippen molar-refractivity contribution in [1.29, 1.82) is 0 Å². The Kier molecular flexibility index (Phi) is 13.3. The lowest BCUT2D eigenvalue weighted by molar-refractivity contribution is 1.18. The second kappa shape index (κ2) is 22.1. The molecule has 0 saturated heterocycles. The van der Waals surface area contributed by atoms with Crippen LogP contribution in [0, 0.1) is 0 Å². The van der Waals surface area contributed by atoms with Crippen molar-refractivity contribution in [3.05, 3.63) is 352 Å². The summed E-state index contributed by atoms with van der Waals surface area (Å²) in [6.45, 7) is 0. The van der Waals surface area contributed by atoms with Gasteiger partial charge in [0, 0.05) is 33.5 Å². The summed E-state index contributed by atoms with van der Waals surface area (Å²) in [6, 6.07) is 130. The van der Waals surface area contributed by atoms with E-state index in [1.54, 1.807) is 0 Å². The van der Waals surface area contributed by atoms with E-state index in [2.05, 4.69) is 361 Å². The highest BCUT2D eigenvalue weighted by Gasteiger charge is 2.41. The average molecular weight is 1100 g/mol. The predicted octanol–water partition coefficient (Wildman–Crippen LogP) is 19.1. The summed E-state index contributed by atoms with van der Waals surface area (Å²) in [5.41, 5.74) is 18.6. The molecule has 0 aliphatic carbocycles. The molecule has 400 valence electrons. The van der Waals surface area contributed by atoms with E-state index in [9.17, 15) is 0 Å². The van der Waals surface area contributed by atoms with Crippen LogP contribution in [-0.2, 0) is 0 Å². The van der Waals surface area contributed by atoms with Crippen LogP contribution in [0.5, 0.6) is 0 Å². The van der Waals surface area contributed by atoms with E-state index >= 15 is 0 Å². The fourth-order valence-corrected chi connectivity index (χ4v) is 17.9. The first kappa shape index (κ1) is 51.1. The van der Waals surface area contributed by atoms with Crippen LogP contribution < -0.4 is 25.6 Å². The maximum atomic E-state index is 2.45. The molecule has 0 aliphatic rings. The van der Waals surface area contributed by atoms with Gasteiger partial charge in [-0.2, -0.15) is 0 Å². The quantitative estimate of drug-likeness (QED) is 0.0825. The lowest BCUT2D eigenvalue weighted by atomic mass is 9.96. The number of fused-ring (bicyclic) bond motifs is 4. The fourth-order valence-electron chi connectivity index (χ4n) is 13.2. The van der Waals surface area contributed by atoms with Crippen LogP contribution in [0.3, 0.4) is 0 Å². The van der Waals surface area contributed by atoms with E-state index in [1.807, 2.05) is 0 Å². The van der Waals surface area contributed by atoms with Crippen LogP contribution in [0.2, 0.25) is 0 Å². The zero-order valence-electron chi connectivity index (χ0n) is 46.9. The van der Waals surface area contributed by atoms with Crippen LogP contribution >= 0.6 is 0 Å². The van der Waals surface area contributed by atoms with E-state index < -0.39 is 8.07 Å². The number of nitrogens with zero attached hydrogens (tertiary/aromatic N) is 2. The van der Waals surface area contributed by atoms with Gasteiger partial charge in [-0.3, -0.25) is 0 Å². The molecule has 2 nitrogen and oxygen atoms in total. The first-order valence-corrected chi connectivity index (χ1v) is 31.3. The van der Waals surface area contributed by atoms with Crippen molar-refractivity contribution < 1.29 is 0 Å². The summed E-state index contributed by atoms with van der Waals surface area (Å²) >= 11 is 0. The van der Waals surface area contributed by atoms with E-state index in [0.717, 1.165) is 33.9 Å². The smallest absolute Gasteiger partial charge is 0.179 e. The van der Waals surface area contributed by atoms with Gasteiger partial charge in [-0.05, 0) is 154 Å². The minimum absolute atomic E-state index is 1.08. The first-order chi connectivity index (χ1) is 42.2. The zero-order valence-corrected chi connectivity index (χ0v) is 47.9. The van der Waals surface area contributed by atoms with Crippen molar-refractivity contribution in [2.75, 3.05) is 4.90 Å². The summed E-state index contributed by atoms with van der Waals surface area (Å²) in [4.78, 5) is 2.40. The summed E-state index contributed by atoms with van der Waals surface area (Å²) in [6.07, 6.45) is 0. The van der Waals surface area contributed by atoms with E-state index in [-0.39, 0.29) is 0 Å². The van der Waals surface area contributed by atoms with Gasteiger partial charge < -0.3 is 9.47 Å². The number of anilines is 3. The van der Waals surface area contributed by atoms with Gasteiger partial charge >= 0.3 is 0 Å². The number of hydrogen-bond donors (Lipinski definition) is 0. The van der Waals surface area contributed by atoms with Gasteiger partial charge in [-0.1, -0.05) is 285 Å². The molecule has 0 atom stereocenters. The third kappa shape index (κ3) is 9.34. The SMILES string of the molecule is c1ccc(-c2cc(-c3ccccc3)cc(-n3c4ccccc4c4c(-c5ccc(-c6ccc(N(c7ccc(-c8cccc9ccccc89)cc7)c7ccc([Si](c8ccccc8)(c8ccccc8)c8ccccc8)cc7)cc6)cc5)cccc43)c2)cc1. The Bertz CT molecular complexity index is 4650. The highest BCUT2D eigenvalue weighted by molar-refractivity contribution is 7.19. The molecule has 0 amide bonds. The van der Waals surface area contributed by atoms with Crippen molar-refractivity contribution in [3.63, 3.8) is 0 Å². The Morgan fingerprint density at radius 1 is 0.235 bits per heavy atom. The normalized spacial score (nSPS) is 11.5. The van der Waals surface area contributed by atoms with Gasteiger partial charge in [0.05, 0.1) is 11.0 Å². The monoisotopic (exact) mass is 1100 g/mol. The second-order valence-corrected chi connectivity index (χ2v) is 25.8. The standard InChI is InChI=1S/C82H58N2Si/c1-6-22-59(23-7-1)66-56-67(60-24-8-2-9-25-60)58-71(57-66)84-80-38-19-18-35-79(80)82-78(37-21-39-81(82)84)65-42-40-61(41-43-65)62-44-48-68(49-45-62)83(69-50-46-64(47-51-69)77-36-20-27-63-26-16-17-34-76(63)77)70-52-54-75(55-53-70)85(72-28-10-3-11-29-72,73-30-12-4-13-31-73)74-32-14-5-15-33-74/h1-58H. The van der Waals surface area contributed by atoms with Gasteiger partial charge in [0.25, 0.3) is 0 Å². The van der Waals surface area contributed by atoms with Crippen molar-refractivity contribution in [1.82, 2.24) is 4.57 Å². The maximum absolute atomic E-state index is 2.74. The minimum Gasteiger partial charge on any atom is -0.311 e. The van der Waals surface area contributed by atoms with Gasteiger partial charge in [0.1, 0.15) is 0 Å². The van der Waals surface area contributed by atoms with Gasteiger partial charge in [-0.25, -0.2) is 0 Å². The van der Waals surface area contributed by atoms with Gasteiger partial charge in [0.2, 0.25) is 0 Å². The second-order valence-electron chi connectivity index (χ2n) is 22.0. The first-order valence-electron chi connectivity index (χ1n) is 29.3. The highest BCUT2D eigenvalue weighted by atomic mass is 28.3. The number of rotatable bonds is 13. The highest BCUT2D eigenvalue weighted by Crippen LogP contribution is 2.42. The van der Waals surface area contributed by atoms with Crippen molar-refractivity contribution in [2.45, 2.75) is 0 Å². The number of para-hydroxylation sites is 1. The number of hydrogen-bond acceptors (Lipinski definition) is 1. The molecule has 85 heavy (non-hydrogen) atoms. The molecule has 0 fully saturated rings. The molecule has 0 radical (unpaired) electrons. The molecule has 0 N–H and O–H groups in total. The summed E-state index contributed by atoms with van der Waals surface area (Å²) in [5.74, 6) is 0. The molecular weight excluding hydrogens is 1040 g/mol.